The number of aliphatic carboxylic acids is 1. The number of carbonyl (C=O) groups excluding carboxylic acids is 1. The Morgan fingerprint density at radius 1 is 1.17 bits per heavy atom. The van der Waals surface area contributed by atoms with Gasteiger partial charge in [-0.3, -0.25) is 23.4 Å². The highest BCUT2D eigenvalue weighted by atomic mass is 32.3. The lowest BCUT2D eigenvalue weighted by Crippen LogP contribution is -2.63. The number of hydrogen-bond acceptors (Lipinski definition) is 15. The lowest BCUT2D eigenvalue weighted by atomic mass is 9.43. The Hall–Kier alpha value is -1.42. The van der Waals surface area contributed by atoms with Crippen LogP contribution in [0, 0.1) is 40.4 Å². The summed E-state index contributed by atoms with van der Waals surface area (Å²) in [5, 5.41) is 45.7. The van der Waals surface area contributed by atoms with Crippen molar-refractivity contribution in [1.82, 2.24) is 0 Å². The Bertz CT molecular complexity index is 1310. The summed E-state index contributed by atoms with van der Waals surface area (Å²) >= 11 is -0.0471. The molecule has 274 valence electrons. The maximum absolute atomic E-state index is 13.0. The molecule has 16 nitrogen and oxygen atoms in total. The largest absolute Gasteiger partial charge is 0.691 e. The van der Waals surface area contributed by atoms with Crippen molar-refractivity contribution in [1.29, 1.82) is 0 Å². The van der Waals surface area contributed by atoms with Crippen molar-refractivity contribution in [3.05, 3.63) is 12.2 Å². The molecular weight excluding hydrogens is 680 g/mol. The summed E-state index contributed by atoms with van der Waals surface area (Å²) in [7, 11) is -5.26. The minimum absolute atomic E-state index is 0.0340. The van der Waals surface area contributed by atoms with E-state index in [0.717, 1.165) is 24.8 Å². The quantitative estimate of drug-likeness (QED) is 0.0309. The van der Waals surface area contributed by atoms with E-state index in [0.29, 0.717) is 19.3 Å². The maximum Gasteiger partial charge on any atom is 0.397 e. The van der Waals surface area contributed by atoms with Gasteiger partial charge in [0.05, 0.1) is 24.7 Å². The highest BCUT2D eigenvalue weighted by molar-refractivity contribution is 7.89. The molecule has 5 aliphatic rings. The molecule has 1 heterocycles. The zero-order valence-corrected chi connectivity index (χ0v) is 28.6. The number of aliphatic hydroxyl groups excluding tert-OH is 2. The molecule has 0 amide bonds. The van der Waals surface area contributed by atoms with Crippen LogP contribution in [0.25, 0.3) is 0 Å². The predicted octanol–water partition coefficient (Wildman–Crippen LogP) is 1.65. The third-order valence-corrected chi connectivity index (χ3v) is 12.4. The van der Waals surface area contributed by atoms with Gasteiger partial charge in [-0.05, 0) is 79.6 Å². The van der Waals surface area contributed by atoms with E-state index < -0.39 is 88.6 Å². The lowest BCUT2D eigenvalue weighted by molar-refractivity contribution is -0.777. The van der Waals surface area contributed by atoms with E-state index in [1.807, 2.05) is 6.92 Å². The average molecular weight is 726 g/mol. The molecule has 1 spiro atoms. The maximum atomic E-state index is 13.0. The number of rotatable bonds is 13. The van der Waals surface area contributed by atoms with Gasteiger partial charge >= 0.3 is 22.3 Å². The molecular formula is C30H45O16S2-. The molecule has 0 aromatic heterocycles. The first kappa shape index (κ1) is 37.8. The van der Waals surface area contributed by atoms with Crippen LogP contribution in [0.5, 0.6) is 0 Å². The van der Waals surface area contributed by atoms with Crippen molar-refractivity contribution in [3.63, 3.8) is 0 Å². The summed E-state index contributed by atoms with van der Waals surface area (Å²) < 4.78 is 66.1. The number of carbonyl (C=O) groups is 2. The summed E-state index contributed by atoms with van der Waals surface area (Å²) in [6.07, 6.45) is -5.88. The summed E-state index contributed by atoms with van der Waals surface area (Å²) in [5.74, 6) is -2.84. The molecule has 5 fully saturated rings. The van der Waals surface area contributed by atoms with E-state index in [9.17, 15) is 43.1 Å². The van der Waals surface area contributed by atoms with Gasteiger partial charge < -0.3 is 34.8 Å². The van der Waals surface area contributed by atoms with Gasteiger partial charge in [0.15, 0.2) is 30.8 Å². The minimum Gasteiger partial charge on any atom is -0.691 e. The van der Waals surface area contributed by atoms with Crippen molar-refractivity contribution in [2.24, 2.45) is 40.4 Å². The van der Waals surface area contributed by atoms with Crippen molar-refractivity contribution in [3.8, 4) is 0 Å². The molecule has 13 atom stereocenters. The number of carboxylic acids is 1. The van der Waals surface area contributed by atoms with Crippen LogP contribution in [-0.4, -0.2) is 89.7 Å². The molecule has 4 saturated carbocycles. The van der Waals surface area contributed by atoms with E-state index in [4.69, 9.17) is 22.6 Å². The molecule has 0 radical (unpaired) electrons. The SMILES string of the molecule is C=C1C2CCC3C4(C)CC(OC5O[C@@H](CO)[C@@H](OSOO[O-])C(OS(=O)(=O)O)C5OC(=O)CC(C)C)CC(C(=O)O)C4CCC3(C2)[C@H]1O. The third kappa shape index (κ3) is 7.32. The lowest BCUT2D eigenvalue weighted by Gasteiger charge is -2.62. The van der Waals surface area contributed by atoms with Gasteiger partial charge in [-0.15, -0.1) is 4.33 Å². The Balaban J connectivity index is 1.49. The molecule has 48 heavy (non-hydrogen) atoms. The van der Waals surface area contributed by atoms with Crippen LogP contribution < -0.4 is 5.26 Å². The van der Waals surface area contributed by atoms with Gasteiger partial charge in [-0.25, -0.2) is 4.18 Å². The second kappa shape index (κ2) is 14.7. The number of carboxylic acid groups (broad SMARTS) is 1. The molecule has 1 aliphatic heterocycles. The topological polar surface area (TPSA) is 237 Å². The number of aliphatic hydroxyl groups is 2. The van der Waals surface area contributed by atoms with Crippen LogP contribution in [-0.2, 0) is 51.9 Å². The summed E-state index contributed by atoms with van der Waals surface area (Å²) in [5.41, 5.74) is -0.194. The average Bonchev–Trinajstić information content (AvgIpc) is 3.16. The normalized spacial score (nSPS) is 42.7. The Labute approximate surface area is 283 Å². The van der Waals surface area contributed by atoms with Crippen LogP contribution in [0.1, 0.15) is 72.1 Å². The van der Waals surface area contributed by atoms with Crippen LogP contribution in [0.4, 0.5) is 0 Å². The zero-order chi connectivity index (χ0) is 35.2. The first-order chi connectivity index (χ1) is 22.5. The predicted molar refractivity (Wildman–Crippen MR) is 161 cm³/mol. The van der Waals surface area contributed by atoms with Crippen molar-refractivity contribution in [2.75, 3.05) is 6.61 Å². The second-order valence-corrected chi connectivity index (χ2v) is 16.1. The third-order valence-electron chi connectivity index (χ3n) is 11.5. The van der Waals surface area contributed by atoms with Gasteiger partial charge in [0.1, 0.15) is 12.2 Å². The summed E-state index contributed by atoms with van der Waals surface area (Å²) in [6, 6.07) is 0. The van der Waals surface area contributed by atoms with Gasteiger partial charge in [0.25, 0.3) is 0 Å². The van der Waals surface area contributed by atoms with Crippen LogP contribution in [0.3, 0.4) is 0 Å². The minimum atomic E-state index is -5.26. The van der Waals surface area contributed by atoms with Gasteiger partial charge in [0.2, 0.25) is 0 Å². The van der Waals surface area contributed by atoms with Crippen LogP contribution in [0.15, 0.2) is 12.2 Å². The number of ether oxygens (including phenoxy) is 3. The standard InChI is InChI=1S/C30H46O16S2/c1-14(2)9-22(32)42-25-24(44-48(37,38)39)23(43-47-46-45-36)20(13-31)41-28(25)40-17-10-18(27(34)35)19-7-8-30-11-16(15(3)26(30)33)5-6-21(30)29(19,4)12-17/h14,16-21,23-26,28,31,33,36H,3,5-13H2,1-2,4H3,(H,34,35)(H,37,38,39)/p-1/t16?,17?,18?,19?,20-,21?,23+,24?,25?,26-,28?,29?,30?/m0/s1. The van der Waals surface area contributed by atoms with Crippen molar-refractivity contribution < 1.29 is 75.1 Å². The van der Waals surface area contributed by atoms with E-state index in [-0.39, 0.29) is 48.8 Å². The number of hydrogen-bond donors (Lipinski definition) is 4. The first-order valence-corrected chi connectivity index (χ1v) is 18.2. The second-order valence-electron chi connectivity index (χ2n) is 14.6. The fraction of sp³-hybridized carbons (Fsp3) is 0.867. The van der Waals surface area contributed by atoms with E-state index >= 15 is 0 Å². The molecule has 10 unspecified atom stereocenters. The Morgan fingerprint density at radius 2 is 1.90 bits per heavy atom. The highest BCUT2D eigenvalue weighted by Gasteiger charge is 2.67. The Morgan fingerprint density at radius 3 is 2.52 bits per heavy atom. The molecule has 0 aromatic rings. The van der Waals surface area contributed by atoms with Gasteiger partial charge in [-0.2, -0.15) is 8.42 Å². The first-order valence-electron chi connectivity index (χ1n) is 16.2. The fourth-order valence-electron chi connectivity index (χ4n) is 9.76. The number of esters is 1. The van der Waals surface area contributed by atoms with E-state index in [1.54, 1.807) is 13.8 Å². The molecule has 4 aliphatic carbocycles. The summed E-state index contributed by atoms with van der Waals surface area (Å²) in [6.45, 7) is 8.91. The molecule has 1 saturated heterocycles. The molecule has 5 rings (SSSR count). The molecule has 0 aromatic carbocycles. The molecule has 4 N–H and O–H groups in total. The van der Waals surface area contributed by atoms with Crippen molar-refractivity contribution >= 4 is 34.7 Å². The van der Waals surface area contributed by atoms with Gasteiger partial charge in [-0.1, -0.05) is 27.4 Å². The zero-order valence-electron chi connectivity index (χ0n) is 27.0. The number of fused-ring (bicyclic) bond motifs is 3. The van der Waals surface area contributed by atoms with Crippen molar-refractivity contribution in [2.45, 2.75) is 115 Å². The van der Waals surface area contributed by atoms with Crippen LogP contribution >= 0.6 is 12.3 Å². The summed E-state index contributed by atoms with van der Waals surface area (Å²) in [4.78, 5) is 25.7. The highest BCUT2D eigenvalue weighted by Crippen LogP contribution is 2.70. The molecule has 2 bridgehead atoms. The molecule has 18 heteroatoms. The smallest absolute Gasteiger partial charge is 0.397 e. The van der Waals surface area contributed by atoms with E-state index in [1.165, 1.54) is 0 Å². The van der Waals surface area contributed by atoms with Gasteiger partial charge in [0, 0.05) is 11.8 Å². The monoisotopic (exact) mass is 725 g/mol. The van der Waals surface area contributed by atoms with E-state index in [2.05, 4.69) is 16.0 Å². The fourth-order valence-corrected chi connectivity index (χ4v) is 10.6. The van der Waals surface area contributed by atoms with Crippen LogP contribution in [0.2, 0.25) is 0 Å². The Kier molecular flexibility index (Phi) is 11.6.